The zero-order chi connectivity index (χ0) is 22.8. The van der Waals surface area contributed by atoms with Gasteiger partial charge in [0.1, 0.15) is 0 Å². The second-order valence-electron chi connectivity index (χ2n) is 7.48. The third-order valence-electron chi connectivity index (χ3n) is 5.21. The second kappa shape index (κ2) is 12.2. The number of ether oxygens (including phenoxy) is 3. The van der Waals surface area contributed by atoms with Crippen LogP contribution in [0.15, 0.2) is 41.8 Å². The highest BCUT2D eigenvalue weighted by Gasteiger charge is 2.19. The predicted octanol–water partition coefficient (Wildman–Crippen LogP) is 4.08. The summed E-state index contributed by atoms with van der Waals surface area (Å²) in [4.78, 5) is 16.8. The Kier molecular flexibility index (Phi) is 9.59. The van der Waals surface area contributed by atoms with Gasteiger partial charge in [0, 0.05) is 38.8 Å². The molecule has 1 aromatic carbocycles. The Morgan fingerprint density at radius 3 is 2.13 bits per heavy atom. The summed E-state index contributed by atoms with van der Waals surface area (Å²) in [6, 6.07) is 3.61. The van der Waals surface area contributed by atoms with E-state index in [9.17, 15) is 9.18 Å². The van der Waals surface area contributed by atoms with Crippen LogP contribution in [0.25, 0.3) is 6.08 Å². The van der Waals surface area contributed by atoms with Crippen LogP contribution < -0.4 is 14.2 Å². The minimum absolute atomic E-state index is 0.0203. The zero-order valence-electron chi connectivity index (χ0n) is 19.1. The molecular formula is C24H33FN2O4. The fourth-order valence-electron chi connectivity index (χ4n) is 3.34. The number of amides is 1. The minimum atomic E-state index is -0.189. The van der Waals surface area contributed by atoms with Crippen molar-refractivity contribution in [2.75, 3.05) is 54.1 Å². The number of allylic oxidation sites excluding steroid dienone is 3. The smallest absolute Gasteiger partial charge is 0.246 e. The van der Waals surface area contributed by atoms with Crippen molar-refractivity contribution in [1.82, 2.24) is 9.80 Å². The molecule has 7 heteroatoms. The maximum atomic E-state index is 12.8. The molecule has 31 heavy (non-hydrogen) atoms. The lowest BCUT2D eigenvalue weighted by Crippen LogP contribution is -2.48. The molecule has 1 fully saturated rings. The molecular weight excluding hydrogens is 399 g/mol. The molecule has 1 aromatic rings. The van der Waals surface area contributed by atoms with E-state index >= 15 is 0 Å². The zero-order valence-corrected chi connectivity index (χ0v) is 19.1. The highest BCUT2D eigenvalue weighted by molar-refractivity contribution is 5.92. The molecule has 0 unspecified atom stereocenters. The third-order valence-corrected chi connectivity index (χ3v) is 5.21. The lowest BCUT2D eigenvalue weighted by atomic mass is 10.1. The van der Waals surface area contributed by atoms with E-state index in [1.165, 1.54) is 13.0 Å². The maximum Gasteiger partial charge on any atom is 0.246 e. The Bertz CT molecular complexity index is 811. The quantitative estimate of drug-likeness (QED) is 0.435. The minimum Gasteiger partial charge on any atom is -0.493 e. The molecule has 0 saturated carbocycles. The van der Waals surface area contributed by atoms with Crippen LogP contribution in [0.3, 0.4) is 0 Å². The number of hydrogen-bond donors (Lipinski definition) is 0. The summed E-state index contributed by atoms with van der Waals surface area (Å²) in [7, 11) is 4.68. The van der Waals surface area contributed by atoms with Crippen molar-refractivity contribution in [3.63, 3.8) is 0 Å². The summed E-state index contributed by atoms with van der Waals surface area (Å²) in [5.41, 5.74) is 1.94. The molecule has 1 heterocycles. The lowest BCUT2D eigenvalue weighted by Gasteiger charge is -2.34. The number of carbonyl (C=O) groups is 1. The van der Waals surface area contributed by atoms with Crippen molar-refractivity contribution >= 4 is 12.0 Å². The van der Waals surface area contributed by atoms with Crippen LogP contribution in [-0.4, -0.2) is 69.8 Å². The number of halogens is 1. The summed E-state index contributed by atoms with van der Waals surface area (Å²) in [6.07, 6.45) is 7.54. The first-order chi connectivity index (χ1) is 14.9. The molecule has 0 spiro atoms. The van der Waals surface area contributed by atoms with Gasteiger partial charge in [0.05, 0.1) is 27.2 Å². The van der Waals surface area contributed by atoms with Crippen LogP contribution in [-0.2, 0) is 4.79 Å². The van der Waals surface area contributed by atoms with Crippen molar-refractivity contribution in [2.24, 2.45) is 0 Å². The number of hydrogen-bond acceptors (Lipinski definition) is 5. The van der Waals surface area contributed by atoms with Gasteiger partial charge in [0.25, 0.3) is 0 Å². The van der Waals surface area contributed by atoms with Gasteiger partial charge in [-0.05, 0) is 50.1 Å². The van der Waals surface area contributed by atoms with Crippen molar-refractivity contribution in [1.29, 1.82) is 0 Å². The molecule has 1 aliphatic rings. The van der Waals surface area contributed by atoms with Gasteiger partial charge in [-0.25, -0.2) is 4.39 Å². The monoisotopic (exact) mass is 432 g/mol. The van der Waals surface area contributed by atoms with E-state index in [1.807, 2.05) is 17.9 Å². The fraction of sp³-hybridized carbons (Fsp3) is 0.458. The van der Waals surface area contributed by atoms with E-state index in [0.29, 0.717) is 30.3 Å². The van der Waals surface area contributed by atoms with Gasteiger partial charge < -0.3 is 19.1 Å². The van der Waals surface area contributed by atoms with Crippen LogP contribution >= 0.6 is 0 Å². The summed E-state index contributed by atoms with van der Waals surface area (Å²) >= 11 is 0. The van der Waals surface area contributed by atoms with E-state index in [-0.39, 0.29) is 11.7 Å². The Morgan fingerprint density at radius 1 is 1.00 bits per heavy atom. The molecule has 1 saturated heterocycles. The van der Waals surface area contributed by atoms with E-state index in [0.717, 1.165) is 37.2 Å². The molecule has 0 aromatic heterocycles. The first-order valence-electron chi connectivity index (χ1n) is 10.4. The Morgan fingerprint density at radius 2 is 1.61 bits per heavy atom. The molecule has 0 radical (unpaired) electrons. The Hall–Kier alpha value is -2.80. The van der Waals surface area contributed by atoms with Gasteiger partial charge in [-0.2, -0.15) is 0 Å². The highest BCUT2D eigenvalue weighted by Crippen LogP contribution is 2.38. The normalized spacial score (nSPS) is 16.0. The average molecular weight is 433 g/mol. The molecule has 170 valence electrons. The van der Waals surface area contributed by atoms with Crippen molar-refractivity contribution in [3.05, 3.63) is 47.3 Å². The molecule has 0 bridgehead atoms. The number of carbonyl (C=O) groups excluding carboxylic acids is 1. The van der Waals surface area contributed by atoms with E-state index < -0.39 is 0 Å². The van der Waals surface area contributed by atoms with Gasteiger partial charge in [-0.15, -0.1) is 0 Å². The van der Waals surface area contributed by atoms with Gasteiger partial charge in [0.2, 0.25) is 11.7 Å². The highest BCUT2D eigenvalue weighted by atomic mass is 19.1. The number of benzene rings is 1. The second-order valence-corrected chi connectivity index (χ2v) is 7.48. The Balaban J connectivity index is 1.90. The van der Waals surface area contributed by atoms with Gasteiger partial charge >= 0.3 is 0 Å². The topological polar surface area (TPSA) is 51.2 Å². The molecule has 1 amide bonds. The molecule has 0 N–H and O–H groups in total. The van der Waals surface area contributed by atoms with Crippen LogP contribution in [0.1, 0.15) is 25.8 Å². The molecule has 0 aliphatic carbocycles. The summed E-state index contributed by atoms with van der Waals surface area (Å²) in [6.45, 7) is 7.38. The summed E-state index contributed by atoms with van der Waals surface area (Å²) in [5, 5.41) is 0. The maximum absolute atomic E-state index is 12.8. The summed E-state index contributed by atoms with van der Waals surface area (Å²) in [5.74, 6) is 1.40. The van der Waals surface area contributed by atoms with Crippen LogP contribution in [0.2, 0.25) is 0 Å². The molecule has 0 atom stereocenters. The first-order valence-corrected chi connectivity index (χ1v) is 10.4. The molecule has 2 rings (SSSR count). The number of nitrogens with zero attached hydrogens (tertiary/aromatic N) is 2. The van der Waals surface area contributed by atoms with E-state index in [4.69, 9.17) is 14.2 Å². The lowest BCUT2D eigenvalue weighted by molar-refractivity contribution is -0.127. The largest absolute Gasteiger partial charge is 0.493 e. The molecule has 6 nitrogen and oxygen atoms in total. The SMILES string of the molecule is COc1cc(/C=C/C(=O)N2CCN(CC/C(C)=C/C=C(\C)F)CC2)cc(OC)c1OC. The van der Waals surface area contributed by atoms with Crippen molar-refractivity contribution in [3.8, 4) is 17.2 Å². The van der Waals surface area contributed by atoms with Gasteiger partial charge in [-0.3, -0.25) is 9.69 Å². The standard InChI is InChI=1S/C24H33FN2O4/c1-18(6-7-19(2)25)10-11-26-12-14-27(15-13-26)23(28)9-8-20-16-21(29-3)24(31-5)22(17-20)30-4/h6-9,16-17H,10-15H2,1-5H3/b9-8+,18-6+,19-7+. The first kappa shape index (κ1) is 24.5. The fourth-order valence-corrected chi connectivity index (χ4v) is 3.34. The third kappa shape index (κ3) is 7.43. The number of methoxy groups -OCH3 is 3. The number of rotatable bonds is 9. The van der Waals surface area contributed by atoms with Crippen molar-refractivity contribution < 1.29 is 23.4 Å². The number of piperazine rings is 1. The average Bonchev–Trinajstić information content (AvgIpc) is 2.79. The predicted molar refractivity (Wildman–Crippen MR) is 121 cm³/mol. The van der Waals surface area contributed by atoms with E-state index in [2.05, 4.69) is 4.90 Å². The Labute approximate surface area is 184 Å². The molecule has 1 aliphatic heterocycles. The van der Waals surface area contributed by atoms with Crippen LogP contribution in [0.5, 0.6) is 17.2 Å². The van der Waals surface area contributed by atoms with Crippen LogP contribution in [0.4, 0.5) is 4.39 Å². The van der Waals surface area contributed by atoms with Crippen LogP contribution in [0, 0.1) is 0 Å². The van der Waals surface area contributed by atoms with Gasteiger partial charge in [0.15, 0.2) is 11.5 Å². The van der Waals surface area contributed by atoms with Crippen molar-refractivity contribution in [2.45, 2.75) is 20.3 Å². The van der Waals surface area contributed by atoms with E-state index in [1.54, 1.807) is 45.6 Å². The van der Waals surface area contributed by atoms with Gasteiger partial charge in [-0.1, -0.05) is 11.6 Å². The summed E-state index contributed by atoms with van der Waals surface area (Å²) < 4.78 is 28.8.